The Kier molecular flexibility index (Phi) is 4.42. The Morgan fingerprint density at radius 3 is 3.06 bits per heavy atom. The molecular weight excluding hydrogens is 250 g/mol. The predicted octanol–water partition coefficient (Wildman–Crippen LogP) is 2.68. The van der Waals surface area contributed by atoms with E-state index in [0.717, 1.165) is 18.9 Å². The van der Waals surface area contributed by atoms with Crippen LogP contribution in [0.1, 0.15) is 25.7 Å². The van der Waals surface area contributed by atoms with E-state index in [2.05, 4.69) is 17.0 Å². The maximum Gasteiger partial charge on any atom is 0.287 e. The van der Waals surface area contributed by atoms with Crippen molar-refractivity contribution in [2.24, 2.45) is 5.92 Å². The number of hydrogen-bond acceptors (Lipinski definition) is 3. The topological polar surface area (TPSA) is 46.9 Å². The third-order valence-electron chi connectivity index (χ3n) is 3.09. The van der Waals surface area contributed by atoms with Crippen LogP contribution in [0.15, 0.2) is 23.6 Å². The van der Waals surface area contributed by atoms with Crippen LogP contribution in [0.25, 0.3) is 0 Å². The van der Waals surface area contributed by atoms with Gasteiger partial charge in [-0.05, 0) is 18.8 Å². The van der Waals surface area contributed by atoms with Gasteiger partial charge in [0.05, 0.1) is 18.4 Å². The Morgan fingerprint density at radius 2 is 2.39 bits per heavy atom. The zero-order valence-electron chi connectivity index (χ0n) is 10.4. The van der Waals surface area contributed by atoms with Crippen LogP contribution in [-0.2, 0) is 6.54 Å². The summed E-state index contributed by atoms with van der Waals surface area (Å²) in [7, 11) is 0. The average Bonchev–Trinajstić information content (AvgIpc) is 3.17. The van der Waals surface area contributed by atoms with Crippen molar-refractivity contribution < 1.29 is 0 Å². The van der Waals surface area contributed by atoms with E-state index in [1.165, 1.54) is 23.9 Å². The van der Waals surface area contributed by atoms with Gasteiger partial charge in [-0.25, -0.2) is 4.68 Å². The Morgan fingerprint density at radius 1 is 1.61 bits per heavy atom. The first-order chi connectivity index (χ1) is 8.72. The van der Waals surface area contributed by atoms with Gasteiger partial charge in [0, 0.05) is 6.54 Å². The molecule has 0 amide bonds. The molecule has 98 valence electrons. The Labute approximate surface area is 112 Å². The molecule has 1 aromatic heterocycles. The van der Waals surface area contributed by atoms with E-state index in [4.69, 9.17) is 11.6 Å². The second-order valence-electron chi connectivity index (χ2n) is 4.66. The monoisotopic (exact) mass is 267 g/mol. The Hall–Kier alpha value is -1.29. The molecule has 1 aliphatic carbocycles. The lowest BCUT2D eigenvalue weighted by molar-refractivity contribution is 0.651. The number of aromatic nitrogens is 2. The van der Waals surface area contributed by atoms with Crippen LogP contribution in [-0.4, -0.2) is 16.3 Å². The maximum atomic E-state index is 11.8. The number of anilines is 1. The van der Waals surface area contributed by atoms with E-state index in [9.17, 15) is 4.79 Å². The molecule has 0 aliphatic heterocycles. The van der Waals surface area contributed by atoms with Gasteiger partial charge in [-0.1, -0.05) is 30.5 Å². The van der Waals surface area contributed by atoms with Crippen molar-refractivity contribution in [3.63, 3.8) is 0 Å². The molecule has 2 rings (SSSR count). The summed E-state index contributed by atoms with van der Waals surface area (Å²) in [6.45, 7) is 4.79. The van der Waals surface area contributed by atoms with Gasteiger partial charge in [0.1, 0.15) is 5.02 Å². The minimum absolute atomic E-state index is 0.207. The van der Waals surface area contributed by atoms with Crippen LogP contribution in [0, 0.1) is 5.92 Å². The molecule has 0 saturated heterocycles. The fourth-order valence-corrected chi connectivity index (χ4v) is 2.07. The molecule has 1 aliphatic rings. The molecule has 1 saturated carbocycles. The molecule has 1 aromatic rings. The number of halogens is 1. The fraction of sp³-hybridized carbons (Fsp3) is 0.538. The van der Waals surface area contributed by atoms with Crippen LogP contribution in [0.5, 0.6) is 0 Å². The predicted molar refractivity (Wildman–Crippen MR) is 74.2 cm³/mol. The summed E-state index contributed by atoms with van der Waals surface area (Å²) in [5.74, 6) is 0.931. The molecule has 0 bridgehead atoms. The van der Waals surface area contributed by atoms with E-state index < -0.39 is 0 Å². The number of rotatable bonds is 7. The molecule has 0 radical (unpaired) electrons. The van der Waals surface area contributed by atoms with Crippen molar-refractivity contribution in [1.82, 2.24) is 9.78 Å². The normalized spacial score (nSPS) is 14.5. The first-order valence-electron chi connectivity index (χ1n) is 6.32. The minimum atomic E-state index is -0.274. The molecule has 1 N–H and O–H groups in total. The van der Waals surface area contributed by atoms with Crippen molar-refractivity contribution >= 4 is 17.3 Å². The summed E-state index contributed by atoms with van der Waals surface area (Å²) in [6, 6.07) is 0. The van der Waals surface area contributed by atoms with Crippen LogP contribution in [0.4, 0.5) is 5.69 Å². The van der Waals surface area contributed by atoms with Crippen LogP contribution in [0.3, 0.4) is 0 Å². The third-order valence-corrected chi connectivity index (χ3v) is 3.45. The van der Waals surface area contributed by atoms with E-state index in [1.807, 2.05) is 0 Å². The summed E-state index contributed by atoms with van der Waals surface area (Å²) in [6.07, 6.45) is 8.33. The van der Waals surface area contributed by atoms with Gasteiger partial charge in [-0.2, -0.15) is 5.10 Å². The summed E-state index contributed by atoms with van der Waals surface area (Å²) >= 11 is 6.02. The first-order valence-corrected chi connectivity index (χ1v) is 6.70. The molecule has 4 nitrogen and oxygen atoms in total. The highest BCUT2D eigenvalue weighted by Gasteiger charge is 2.20. The highest BCUT2D eigenvalue weighted by molar-refractivity contribution is 6.32. The lowest BCUT2D eigenvalue weighted by atomic mass is 10.2. The number of allylic oxidation sites excluding steroid dienone is 1. The van der Waals surface area contributed by atoms with Gasteiger partial charge < -0.3 is 5.32 Å². The number of hydrogen-bond donors (Lipinski definition) is 1. The molecule has 18 heavy (non-hydrogen) atoms. The van der Waals surface area contributed by atoms with Gasteiger partial charge in [-0.3, -0.25) is 4.79 Å². The highest BCUT2D eigenvalue weighted by Crippen LogP contribution is 2.33. The molecule has 0 spiro atoms. The standard InChI is InChI=1S/C13H18ClN3O/c1-2-8-17-13(18)12(14)11(9-16-17)15-7-3-4-10-5-6-10/h2,9-10,15H,1,3-8H2. The zero-order chi connectivity index (χ0) is 13.0. The van der Waals surface area contributed by atoms with Crippen LogP contribution in [0.2, 0.25) is 5.02 Å². The number of nitrogens with zero attached hydrogens (tertiary/aromatic N) is 2. The minimum Gasteiger partial charge on any atom is -0.382 e. The molecule has 1 heterocycles. The van der Waals surface area contributed by atoms with Crippen molar-refractivity contribution in [2.75, 3.05) is 11.9 Å². The summed E-state index contributed by atoms with van der Waals surface area (Å²) in [5, 5.41) is 7.42. The van der Waals surface area contributed by atoms with Gasteiger partial charge in [0.15, 0.2) is 0 Å². The van der Waals surface area contributed by atoms with E-state index in [1.54, 1.807) is 12.3 Å². The van der Waals surface area contributed by atoms with Crippen molar-refractivity contribution in [3.05, 3.63) is 34.2 Å². The lowest BCUT2D eigenvalue weighted by Gasteiger charge is -2.09. The third kappa shape index (κ3) is 3.35. The largest absolute Gasteiger partial charge is 0.382 e. The summed E-state index contributed by atoms with van der Waals surface area (Å²) < 4.78 is 1.30. The smallest absolute Gasteiger partial charge is 0.287 e. The molecule has 5 heteroatoms. The van der Waals surface area contributed by atoms with Crippen LogP contribution >= 0.6 is 11.6 Å². The number of nitrogens with one attached hydrogen (secondary N) is 1. The van der Waals surface area contributed by atoms with Crippen molar-refractivity contribution in [1.29, 1.82) is 0 Å². The molecule has 1 fully saturated rings. The van der Waals surface area contributed by atoms with Gasteiger partial charge in [0.25, 0.3) is 5.56 Å². The second kappa shape index (κ2) is 6.05. The lowest BCUT2D eigenvalue weighted by Crippen LogP contribution is -2.23. The zero-order valence-corrected chi connectivity index (χ0v) is 11.1. The Balaban J connectivity index is 1.92. The van der Waals surface area contributed by atoms with Crippen molar-refractivity contribution in [3.8, 4) is 0 Å². The molecule has 0 aromatic carbocycles. The average molecular weight is 268 g/mol. The Bertz CT molecular complexity index is 480. The first kappa shape index (κ1) is 13.1. The fourth-order valence-electron chi connectivity index (χ4n) is 1.86. The quantitative estimate of drug-likeness (QED) is 0.610. The highest BCUT2D eigenvalue weighted by atomic mass is 35.5. The second-order valence-corrected chi connectivity index (χ2v) is 5.04. The van der Waals surface area contributed by atoms with Gasteiger partial charge in [0.2, 0.25) is 0 Å². The van der Waals surface area contributed by atoms with E-state index in [-0.39, 0.29) is 10.6 Å². The summed E-state index contributed by atoms with van der Waals surface area (Å²) in [4.78, 5) is 11.8. The van der Waals surface area contributed by atoms with Gasteiger partial charge >= 0.3 is 0 Å². The molecule has 0 unspecified atom stereocenters. The molecular formula is C13H18ClN3O. The van der Waals surface area contributed by atoms with Crippen LogP contribution < -0.4 is 10.9 Å². The van der Waals surface area contributed by atoms with Gasteiger partial charge in [-0.15, -0.1) is 6.58 Å². The summed E-state index contributed by atoms with van der Waals surface area (Å²) in [5.41, 5.74) is 0.349. The maximum absolute atomic E-state index is 11.8. The van der Waals surface area contributed by atoms with Crippen molar-refractivity contribution in [2.45, 2.75) is 32.2 Å². The SMILES string of the molecule is C=CCn1ncc(NCCCC2CC2)c(Cl)c1=O. The molecule has 0 atom stereocenters. The van der Waals surface area contributed by atoms with E-state index in [0.29, 0.717) is 12.2 Å². The van der Waals surface area contributed by atoms with E-state index >= 15 is 0 Å².